The van der Waals surface area contributed by atoms with Gasteiger partial charge < -0.3 is 15.3 Å². The number of rotatable bonds is 7. The molecule has 1 amide bonds. The molecule has 0 unspecified atom stereocenters. The number of hydrogen-bond donors (Lipinski definition) is 2. The molecule has 1 heterocycles. The lowest BCUT2D eigenvalue weighted by molar-refractivity contribution is 0.0951. The third-order valence-electron chi connectivity index (χ3n) is 4.47. The van der Waals surface area contributed by atoms with Crippen molar-refractivity contribution in [1.82, 2.24) is 15.2 Å². The lowest BCUT2D eigenvalue weighted by Crippen LogP contribution is -2.22. The molecule has 5 nitrogen and oxygen atoms in total. The molecule has 0 atom stereocenters. The molecule has 28 heavy (non-hydrogen) atoms. The van der Waals surface area contributed by atoms with Crippen molar-refractivity contribution in [2.75, 3.05) is 14.1 Å². The number of nitrogens with zero attached hydrogens (tertiary/aromatic N) is 2. The first-order chi connectivity index (χ1) is 13.6. The Labute approximate surface area is 165 Å². The fourth-order valence-electron chi connectivity index (χ4n) is 3.11. The van der Waals surface area contributed by atoms with E-state index in [1.807, 2.05) is 62.6 Å². The summed E-state index contributed by atoms with van der Waals surface area (Å²) in [6, 6.07) is 17.4. The van der Waals surface area contributed by atoms with Crippen molar-refractivity contribution in [2.24, 2.45) is 0 Å². The Kier molecular flexibility index (Phi) is 6.53. The summed E-state index contributed by atoms with van der Waals surface area (Å²) in [6.45, 7) is 1.24. The molecule has 0 aliphatic heterocycles. The molecule has 0 spiro atoms. The van der Waals surface area contributed by atoms with E-state index >= 15 is 0 Å². The van der Waals surface area contributed by atoms with E-state index in [0.29, 0.717) is 12.1 Å². The molecule has 2 aromatic carbocycles. The molecule has 0 bridgehead atoms. The molecule has 1 aromatic heterocycles. The SMILES string of the molecule is CN(C)Cc1ccc(-c2ccc(C(=O)NCc3cccnc3)cc2)c(CO)c1. The minimum atomic E-state index is -0.126. The highest BCUT2D eigenvalue weighted by atomic mass is 16.3. The number of nitrogens with one attached hydrogen (secondary N) is 1. The fraction of sp³-hybridized carbons (Fsp3) is 0.217. The van der Waals surface area contributed by atoms with E-state index in [0.717, 1.165) is 34.4 Å². The summed E-state index contributed by atoms with van der Waals surface area (Å²) in [5.74, 6) is -0.126. The first kappa shape index (κ1) is 19.7. The van der Waals surface area contributed by atoms with Gasteiger partial charge in [0, 0.05) is 31.0 Å². The number of benzene rings is 2. The minimum absolute atomic E-state index is 0.0239. The van der Waals surface area contributed by atoms with Crippen LogP contribution in [-0.2, 0) is 19.7 Å². The van der Waals surface area contributed by atoms with Gasteiger partial charge in [-0.3, -0.25) is 9.78 Å². The normalized spacial score (nSPS) is 10.9. The largest absolute Gasteiger partial charge is 0.392 e. The van der Waals surface area contributed by atoms with Crippen molar-refractivity contribution in [3.05, 3.63) is 89.2 Å². The van der Waals surface area contributed by atoms with Crippen LogP contribution >= 0.6 is 0 Å². The summed E-state index contributed by atoms with van der Waals surface area (Å²) in [7, 11) is 4.04. The predicted molar refractivity (Wildman–Crippen MR) is 111 cm³/mol. The van der Waals surface area contributed by atoms with E-state index in [9.17, 15) is 9.90 Å². The van der Waals surface area contributed by atoms with Crippen molar-refractivity contribution < 1.29 is 9.90 Å². The van der Waals surface area contributed by atoms with Gasteiger partial charge in [0.05, 0.1) is 6.61 Å². The van der Waals surface area contributed by atoms with Crippen LogP contribution in [0.3, 0.4) is 0 Å². The quantitative estimate of drug-likeness (QED) is 0.665. The molecule has 3 aromatic rings. The van der Waals surface area contributed by atoms with Gasteiger partial charge in [0.2, 0.25) is 0 Å². The van der Waals surface area contributed by atoms with E-state index < -0.39 is 0 Å². The van der Waals surface area contributed by atoms with Crippen molar-refractivity contribution in [1.29, 1.82) is 0 Å². The zero-order valence-electron chi connectivity index (χ0n) is 16.2. The second-order valence-electron chi connectivity index (χ2n) is 7.01. The Bertz CT molecular complexity index is 922. The zero-order valence-corrected chi connectivity index (χ0v) is 16.2. The number of amides is 1. The third kappa shape index (κ3) is 5.03. The van der Waals surface area contributed by atoms with Gasteiger partial charge in [-0.25, -0.2) is 0 Å². The predicted octanol–water partition coefficient (Wildman–Crippen LogP) is 3.23. The molecule has 144 valence electrons. The van der Waals surface area contributed by atoms with Crippen molar-refractivity contribution in [2.45, 2.75) is 19.7 Å². The Balaban J connectivity index is 1.72. The Hall–Kier alpha value is -3.02. The van der Waals surface area contributed by atoms with Crippen molar-refractivity contribution in [3.63, 3.8) is 0 Å². The highest BCUT2D eigenvalue weighted by molar-refractivity contribution is 5.94. The van der Waals surface area contributed by atoms with Crippen LogP contribution in [0.25, 0.3) is 11.1 Å². The van der Waals surface area contributed by atoms with Gasteiger partial charge in [-0.05, 0) is 60.1 Å². The summed E-state index contributed by atoms with van der Waals surface area (Å²) < 4.78 is 0. The standard InChI is InChI=1S/C23H25N3O2/c1-26(2)15-17-5-10-22(21(12-17)16-27)19-6-8-20(9-7-19)23(28)25-14-18-4-3-11-24-13-18/h3-13,27H,14-16H2,1-2H3,(H,25,28). The minimum Gasteiger partial charge on any atom is -0.392 e. The highest BCUT2D eigenvalue weighted by Crippen LogP contribution is 2.26. The summed E-state index contributed by atoms with van der Waals surface area (Å²) in [5, 5.41) is 12.7. The van der Waals surface area contributed by atoms with Crippen LogP contribution in [0.4, 0.5) is 0 Å². The molecule has 0 aliphatic carbocycles. The van der Waals surface area contributed by atoms with Crippen LogP contribution in [0.2, 0.25) is 0 Å². The molecule has 0 saturated carbocycles. The lowest BCUT2D eigenvalue weighted by atomic mass is 9.97. The van der Waals surface area contributed by atoms with Crippen LogP contribution < -0.4 is 5.32 Å². The average Bonchev–Trinajstić information content (AvgIpc) is 2.72. The van der Waals surface area contributed by atoms with Crippen LogP contribution in [0.15, 0.2) is 67.0 Å². The van der Waals surface area contributed by atoms with E-state index in [2.05, 4.69) is 21.3 Å². The summed E-state index contributed by atoms with van der Waals surface area (Å²) in [4.78, 5) is 18.5. The van der Waals surface area contributed by atoms with E-state index in [1.165, 1.54) is 0 Å². The van der Waals surface area contributed by atoms with Crippen LogP contribution in [0, 0.1) is 0 Å². The second-order valence-corrected chi connectivity index (χ2v) is 7.01. The van der Waals surface area contributed by atoms with Gasteiger partial charge in [0.1, 0.15) is 0 Å². The summed E-state index contributed by atoms with van der Waals surface area (Å²) >= 11 is 0. The molecule has 0 aliphatic rings. The third-order valence-corrected chi connectivity index (χ3v) is 4.47. The van der Waals surface area contributed by atoms with Crippen molar-refractivity contribution >= 4 is 5.91 Å². The number of hydrogen-bond acceptors (Lipinski definition) is 4. The first-order valence-corrected chi connectivity index (χ1v) is 9.22. The van der Waals surface area contributed by atoms with Crippen LogP contribution in [0.1, 0.15) is 27.0 Å². The maximum atomic E-state index is 12.4. The number of pyridine rings is 1. The van der Waals surface area contributed by atoms with Gasteiger partial charge in [-0.1, -0.05) is 36.4 Å². The Morgan fingerprint density at radius 3 is 2.50 bits per heavy atom. The number of aromatic nitrogens is 1. The number of carbonyl (C=O) groups excluding carboxylic acids is 1. The number of aliphatic hydroxyl groups excluding tert-OH is 1. The van der Waals surface area contributed by atoms with E-state index in [-0.39, 0.29) is 12.5 Å². The van der Waals surface area contributed by atoms with Gasteiger partial charge in [0.15, 0.2) is 0 Å². The molecule has 2 N–H and O–H groups in total. The molecule has 0 fully saturated rings. The highest BCUT2D eigenvalue weighted by Gasteiger charge is 2.09. The maximum Gasteiger partial charge on any atom is 0.251 e. The summed E-state index contributed by atoms with van der Waals surface area (Å²) in [6.07, 6.45) is 3.44. The smallest absolute Gasteiger partial charge is 0.251 e. The maximum absolute atomic E-state index is 12.4. The topological polar surface area (TPSA) is 65.5 Å². The zero-order chi connectivity index (χ0) is 19.9. The fourth-order valence-corrected chi connectivity index (χ4v) is 3.11. The molecule has 5 heteroatoms. The molecule has 3 rings (SSSR count). The average molecular weight is 375 g/mol. The number of carbonyl (C=O) groups is 1. The molecular formula is C23H25N3O2. The molecule has 0 saturated heterocycles. The van der Waals surface area contributed by atoms with Gasteiger partial charge >= 0.3 is 0 Å². The van der Waals surface area contributed by atoms with Gasteiger partial charge in [-0.2, -0.15) is 0 Å². The second kappa shape index (κ2) is 9.26. The first-order valence-electron chi connectivity index (χ1n) is 9.22. The Morgan fingerprint density at radius 2 is 1.86 bits per heavy atom. The molecule has 0 radical (unpaired) electrons. The van der Waals surface area contributed by atoms with Crippen LogP contribution in [-0.4, -0.2) is 35.0 Å². The van der Waals surface area contributed by atoms with Crippen molar-refractivity contribution in [3.8, 4) is 11.1 Å². The monoisotopic (exact) mass is 375 g/mol. The van der Waals surface area contributed by atoms with E-state index in [4.69, 9.17) is 0 Å². The van der Waals surface area contributed by atoms with Gasteiger partial charge in [-0.15, -0.1) is 0 Å². The van der Waals surface area contributed by atoms with E-state index in [1.54, 1.807) is 12.4 Å². The molecular weight excluding hydrogens is 350 g/mol. The number of aliphatic hydroxyl groups is 1. The Morgan fingerprint density at radius 1 is 1.07 bits per heavy atom. The van der Waals surface area contributed by atoms with Crippen LogP contribution in [0.5, 0.6) is 0 Å². The van der Waals surface area contributed by atoms with Gasteiger partial charge in [0.25, 0.3) is 5.91 Å². The summed E-state index contributed by atoms with van der Waals surface area (Å²) in [5.41, 5.74) is 5.55. The lowest BCUT2D eigenvalue weighted by Gasteiger charge is -2.14.